The van der Waals surface area contributed by atoms with E-state index in [1.54, 1.807) is 24.1 Å². The van der Waals surface area contributed by atoms with E-state index in [1.807, 2.05) is 29.2 Å². The summed E-state index contributed by atoms with van der Waals surface area (Å²) in [5.74, 6) is 0.548. The molecule has 2 aromatic carbocycles. The van der Waals surface area contributed by atoms with Crippen LogP contribution in [0.25, 0.3) is 0 Å². The number of piperazine rings is 1. The third-order valence-corrected chi connectivity index (χ3v) is 8.81. The molecule has 35 heavy (non-hydrogen) atoms. The first kappa shape index (κ1) is 25.2. The molecule has 0 N–H and O–H groups in total. The number of amides is 2. The van der Waals surface area contributed by atoms with Crippen molar-refractivity contribution in [1.29, 1.82) is 0 Å². The number of carbonyl (C=O) groups excluding carboxylic acids is 2. The zero-order valence-corrected chi connectivity index (χ0v) is 21.2. The van der Waals surface area contributed by atoms with Crippen molar-refractivity contribution in [2.75, 3.05) is 39.8 Å². The quantitative estimate of drug-likeness (QED) is 0.630. The van der Waals surface area contributed by atoms with Gasteiger partial charge in [0.05, 0.1) is 18.0 Å². The molecule has 2 aliphatic heterocycles. The molecule has 188 valence electrons. The van der Waals surface area contributed by atoms with Crippen molar-refractivity contribution in [2.24, 2.45) is 0 Å². The number of likely N-dealkylation sites (tertiary alicyclic amines) is 1. The highest BCUT2D eigenvalue weighted by atomic mass is 32.2. The summed E-state index contributed by atoms with van der Waals surface area (Å²) in [6.45, 7) is 3.33. The number of carbonyl (C=O) groups is 2. The van der Waals surface area contributed by atoms with Crippen LogP contribution in [0.15, 0.2) is 53.4 Å². The number of sulfonamides is 1. The van der Waals surface area contributed by atoms with Crippen LogP contribution in [0.1, 0.15) is 54.6 Å². The topological polar surface area (TPSA) is 87.2 Å². The van der Waals surface area contributed by atoms with Gasteiger partial charge in [-0.25, -0.2) is 8.42 Å². The lowest BCUT2D eigenvalue weighted by molar-refractivity contribution is -0.129. The van der Waals surface area contributed by atoms with Gasteiger partial charge in [-0.3, -0.25) is 9.59 Å². The fourth-order valence-corrected chi connectivity index (χ4v) is 6.34. The van der Waals surface area contributed by atoms with E-state index in [-0.39, 0.29) is 35.8 Å². The van der Waals surface area contributed by atoms with E-state index >= 15 is 0 Å². The molecule has 9 heteroatoms. The molecule has 2 fully saturated rings. The van der Waals surface area contributed by atoms with Crippen molar-refractivity contribution in [3.8, 4) is 5.75 Å². The van der Waals surface area contributed by atoms with Gasteiger partial charge in [0.15, 0.2) is 0 Å². The van der Waals surface area contributed by atoms with Gasteiger partial charge in [-0.2, -0.15) is 4.31 Å². The van der Waals surface area contributed by atoms with Crippen LogP contribution in [0.3, 0.4) is 0 Å². The first-order valence-corrected chi connectivity index (χ1v) is 13.6. The first-order chi connectivity index (χ1) is 16.8. The van der Waals surface area contributed by atoms with Crippen LogP contribution in [0.4, 0.5) is 0 Å². The summed E-state index contributed by atoms with van der Waals surface area (Å²) in [5.41, 5.74) is 1.42. The van der Waals surface area contributed by atoms with Crippen LogP contribution in [-0.4, -0.2) is 74.2 Å². The third-order valence-electron chi connectivity index (χ3n) is 6.92. The molecule has 2 amide bonds. The molecule has 2 aliphatic rings. The van der Waals surface area contributed by atoms with E-state index in [0.717, 1.165) is 37.0 Å². The summed E-state index contributed by atoms with van der Waals surface area (Å²) in [5, 5.41) is 0. The normalized spacial score (nSPS) is 19.8. The molecule has 2 aromatic rings. The van der Waals surface area contributed by atoms with Crippen molar-refractivity contribution >= 4 is 21.8 Å². The maximum atomic E-state index is 13.7. The molecule has 4 rings (SSSR count). The Labute approximate surface area is 207 Å². The average Bonchev–Trinajstić information content (AvgIpc) is 3.14. The molecular weight excluding hydrogens is 466 g/mol. The second-order valence-corrected chi connectivity index (χ2v) is 11.0. The van der Waals surface area contributed by atoms with Gasteiger partial charge in [-0.15, -0.1) is 0 Å². The van der Waals surface area contributed by atoms with Crippen LogP contribution >= 0.6 is 0 Å². The van der Waals surface area contributed by atoms with Gasteiger partial charge in [0.1, 0.15) is 5.75 Å². The van der Waals surface area contributed by atoms with Gasteiger partial charge < -0.3 is 14.5 Å². The maximum absolute atomic E-state index is 13.7. The Balaban J connectivity index is 1.57. The number of benzene rings is 2. The van der Waals surface area contributed by atoms with Crippen molar-refractivity contribution < 1.29 is 22.7 Å². The number of nitrogens with zero attached hydrogens (tertiary/aromatic N) is 3. The zero-order valence-electron chi connectivity index (χ0n) is 20.4. The number of ether oxygens (including phenoxy) is 1. The standard InChI is InChI=1S/C26H33N3O5S/c1-20(30)27-15-17-28(18-16-27)35(32,33)24-8-6-7-22(19-24)26(31)29-14-5-3-4-9-25(29)21-10-12-23(34-2)13-11-21/h6-8,10-13,19,25H,3-5,9,14-18H2,1-2H3. The highest BCUT2D eigenvalue weighted by Gasteiger charge is 2.31. The molecule has 0 aliphatic carbocycles. The largest absolute Gasteiger partial charge is 0.497 e. The fraction of sp³-hybridized carbons (Fsp3) is 0.462. The van der Waals surface area contributed by atoms with Crippen LogP contribution in [-0.2, 0) is 14.8 Å². The molecule has 8 nitrogen and oxygen atoms in total. The van der Waals surface area contributed by atoms with E-state index in [9.17, 15) is 18.0 Å². The monoisotopic (exact) mass is 499 g/mol. The van der Waals surface area contributed by atoms with Crippen molar-refractivity contribution in [1.82, 2.24) is 14.1 Å². The lowest BCUT2D eigenvalue weighted by Gasteiger charge is -2.33. The first-order valence-electron chi connectivity index (χ1n) is 12.1. The van der Waals surface area contributed by atoms with Gasteiger partial charge in [0.25, 0.3) is 5.91 Å². The number of hydrogen-bond acceptors (Lipinski definition) is 5. The molecule has 0 aromatic heterocycles. The summed E-state index contributed by atoms with van der Waals surface area (Å²) in [7, 11) is -2.14. The SMILES string of the molecule is COc1ccc(C2CCCCCN2C(=O)c2cccc(S(=O)(=O)N3CCN(C(C)=O)CC3)c2)cc1. The Hall–Kier alpha value is -2.91. The van der Waals surface area contributed by atoms with Gasteiger partial charge in [0, 0.05) is 45.2 Å². The smallest absolute Gasteiger partial charge is 0.254 e. The average molecular weight is 500 g/mol. The predicted octanol–water partition coefficient (Wildman–Crippen LogP) is 3.31. The Morgan fingerprint density at radius 2 is 1.63 bits per heavy atom. The summed E-state index contributed by atoms with van der Waals surface area (Å²) in [6, 6.07) is 14.1. The zero-order chi connectivity index (χ0) is 25.0. The highest BCUT2D eigenvalue weighted by molar-refractivity contribution is 7.89. The summed E-state index contributed by atoms with van der Waals surface area (Å²) in [6.07, 6.45) is 3.85. The molecule has 0 radical (unpaired) electrons. The third kappa shape index (κ3) is 5.51. The fourth-order valence-electron chi connectivity index (χ4n) is 4.87. The minimum absolute atomic E-state index is 0.0569. The summed E-state index contributed by atoms with van der Waals surface area (Å²) < 4.78 is 33.3. The summed E-state index contributed by atoms with van der Waals surface area (Å²) >= 11 is 0. The molecular formula is C26H33N3O5S. The van der Waals surface area contributed by atoms with Crippen LogP contribution in [0.2, 0.25) is 0 Å². The number of rotatable bonds is 5. The maximum Gasteiger partial charge on any atom is 0.254 e. The number of hydrogen-bond donors (Lipinski definition) is 0. The van der Waals surface area contributed by atoms with E-state index in [1.165, 1.54) is 23.4 Å². The minimum atomic E-state index is -3.77. The second kappa shape index (κ2) is 10.8. The molecule has 0 spiro atoms. The van der Waals surface area contributed by atoms with Gasteiger partial charge in [0.2, 0.25) is 15.9 Å². The van der Waals surface area contributed by atoms with E-state index in [4.69, 9.17) is 4.74 Å². The molecule has 1 unspecified atom stereocenters. The number of methoxy groups -OCH3 is 1. The molecule has 1 atom stereocenters. The van der Waals surface area contributed by atoms with Gasteiger partial charge in [-0.1, -0.05) is 31.0 Å². The second-order valence-electron chi connectivity index (χ2n) is 9.07. The van der Waals surface area contributed by atoms with Crippen molar-refractivity contribution in [2.45, 2.75) is 43.5 Å². The van der Waals surface area contributed by atoms with E-state index in [2.05, 4.69) is 0 Å². The lowest BCUT2D eigenvalue weighted by atomic mass is 10.00. The van der Waals surface area contributed by atoms with Gasteiger partial charge in [-0.05, 0) is 48.7 Å². The Kier molecular flexibility index (Phi) is 7.76. The minimum Gasteiger partial charge on any atom is -0.497 e. The van der Waals surface area contributed by atoms with Crippen LogP contribution in [0.5, 0.6) is 5.75 Å². The molecule has 2 heterocycles. The van der Waals surface area contributed by atoms with Crippen LogP contribution < -0.4 is 4.74 Å². The van der Waals surface area contributed by atoms with E-state index in [0.29, 0.717) is 25.2 Å². The van der Waals surface area contributed by atoms with Gasteiger partial charge >= 0.3 is 0 Å². The van der Waals surface area contributed by atoms with Crippen LogP contribution in [0, 0.1) is 0 Å². The van der Waals surface area contributed by atoms with Crippen molar-refractivity contribution in [3.63, 3.8) is 0 Å². The Bertz CT molecular complexity index is 1160. The molecule has 2 saturated heterocycles. The Morgan fingerprint density at radius 1 is 0.914 bits per heavy atom. The van der Waals surface area contributed by atoms with Crippen molar-refractivity contribution in [3.05, 3.63) is 59.7 Å². The summed E-state index contributed by atoms with van der Waals surface area (Å²) in [4.78, 5) is 28.9. The Morgan fingerprint density at radius 3 is 2.29 bits per heavy atom. The predicted molar refractivity (Wildman–Crippen MR) is 133 cm³/mol. The molecule has 0 bridgehead atoms. The lowest BCUT2D eigenvalue weighted by Crippen LogP contribution is -2.49. The van der Waals surface area contributed by atoms with E-state index < -0.39 is 10.0 Å². The molecule has 0 saturated carbocycles. The highest BCUT2D eigenvalue weighted by Crippen LogP contribution is 2.32.